The molecule has 0 spiro atoms. The Balaban J connectivity index is 2.31. The third kappa shape index (κ3) is 1.76. The van der Waals surface area contributed by atoms with Crippen molar-refractivity contribution >= 4 is 11.7 Å². The van der Waals surface area contributed by atoms with E-state index in [0.29, 0.717) is 11.5 Å². The van der Waals surface area contributed by atoms with Gasteiger partial charge in [0.25, 0.3) is 0 Å². The van der Waals surface area contributed by atoms with Gasteiger partial charge in [0.1, 0.15) is 11.5 Å². The predicted octanol–water partition coefficient (Wildman–Crippen LogP) is 1.34. The van der Waals surface area contributed by atoms with E-state index in [1.54, 1.807) is 32.2 Å². The SMILES string of the molecule is COc1ccc2c(c1)NC(C)C(C(=O)O)O2. The molecule has 1 aliphatic heterocycles. The van der Waals surface area contributed by atoms with Crippen LogP contribution in [-0.2, 0) is 4.79 Å². The summed E-state index contributed by atoms with van der Waals surface area (Å²) in [6.07, 6.45) is -0.860. The first-order valence-corrected chi connectivity index (χ1v) is 4.96. The molecule has 1 aromatic rings. The van der Waals surface area contributed by atoms with E-state index in [1.165, 1.54) is 0 Å². The maximum absolute atomic E-state index is 10.9. The Morgan fingerprint density at radius 3 is 2.94 bits per heavy atom. The minimum Gasteiger partial charge on any atom is -0.497 e. The van der Waals surface area contributed by atoms with Crippen molar-refractivity contribution in [3.05, 3.63) is 18.2 Å². The number of aliphatic carboxylic acids is 1. The second kappa shape index (κ2) is 3.92. The molecule has 1 heterocycles. The van der Waals surface area contributed by atoms with E-state index < -0.39 is 12.1 Å². The zero-order valence-electron chi connectivity index (χ0n) is 9.06. The Hall–Kier alpha value is -1.91. The monoisotopic (exact) mass is 223 g/mol. The summed E-state index contributed by atoms with van der Waals surface area (Å²) in [5.74, 6) is 0.267. The van der Waals surface area contributed by atoms with E-state index >= 15 is 0 Å². The maximum Gasteiger partial charge on any atom is 0.347 e. The van der Waals surface area contributed by atoms with Crippen LogP contribution in [0.1, 0.15) is 6.92 Å². The van der Waals surface area contributed by atoms with Crippen molar-refractivity contribution in [2.24, 2.45) is 0 Å². The Morgan fingerprint density at radius 2 is 2.31 bits per heavy atom. The standard InChI is InChI=1S/C11H13NO4/c1-6-10(11(13)14)16-9-4-3-7(15-2)5-8(9)12-6/h3-6,10,12H,1-2H3,(H,13,14). The number of carbonyl (C=O) groups is 1. The first-order valence-electron chi connectivity index (χ1n) is 4.96. The number of hydrogen-bond donors (Lipinski definition) is 2. The summed E-state index contributed by atoms with van der Waals surface area (Å²) in [7, 11) is 1.58. The molecule has 16 heavy (non-hydrogen) atoms. The van der Waals surface area contributed by atoms with Gasteiger partial charge < -0.3 is 19.9 Å². The third-order valence-electron chi connectivity index (χ3n) is 2.52. The van der Waals surface area contributed by atoms with E-state index in [0.717, 1.165) is 5.69 Å². The molecule has 2 atom stereocenters. The first-order chi connectivity index (χ1) is 7.61. The van der Waals surface area contributed by atoms with Crippen molar-refractivity contribution in [1.82, 2.24) is 0 Å². The van der Waals surface area contributed by atoms with Crippen LogP contribution in [0.3, 0.4) is 0 Å². The van der Waals surface area contributed by atoms with Gasteiger partial charge in [0.2, 0.25) is 6.10 Å². The van der Waals surface area contributed by atoms with Crippen molar-refractivity contribution in [1.29, 1.82) is 0 Å². The second-order valence-electron chi connectivity index (χ2n) is 3.67. The van der Waals surface area contributed by atoms with Gasteiger partial charge in [-0.05, 0) is 19.1 Å². The summed E-state index contributed by atoms with van der Waals surface area (Å²) in [5, 5.41) is 12.0. The molecule has 0 fully saturated rings. The van der Waals surface area contributed by atoms with Crippen molar-refractivity contribution in [2.75, 3.05) is 12.4 Å². The molecule has 0 saturated carbocycles. The highest BCUT2D eigenvalue weighted by atomic mass is 16.5. The summed E-state index contributed by atoms with van der Waals surface area (Å²) in [6, 6.07) is 4.93. The molecule has 1 aliphatic rings. The number of methoxy groups -OCH3 is 1. The normalized spacial score (nSPS) is 22.6. The van der Waals surface area contributed by atoms with Gasteiger partial charge in [-0.2, -0.15) is 0 Å². The van der Waals surface area contributed by atoms with Crippen molar-refractivity contribution in [3.8, 4) is 11.5 Å². The van der Waals surface area contributed by atoms with Crippen LogP contribution in [0.5, 0.6) is 11.5 Å². The molecule has 0 bridgehead atoms. The van der Waals surface area contributed by atoms with Crippen LogP contribution < -0.4 is 14.8 Å². The lowest BCUT2D eigenvalue weighted by atomic mass is 10.1. The van der Waals surface area contributed by atoms with E-state index in [9.17, 15) is 4.79 Å². The van der Waals surface area contributed by atoms with Gasteiger partial charge in [-0.15, -0.1) is 0 Å². The number of carboxylic acid groups (broad SMARTS) is 1. The van der Waals surface area contributed by atoms with Gasteiger partial charge in [0.15, 0.2) is 0 Å². The molecular weight excluding hydrogens is 210 g/mol. The zero-order chi connectivity index (χ0) is 11.7. The molecule has 0 amide bonds. The third-order valence-corrected chi connectivity index (χ3v) is 2.52. The van der Waals surface area contributed by atoms with E-state index in [4.69, 9.17) is 14.6 Å². The van der Waals surface area contributed by atoms with Crippen LogP contribution in [0.2, 0.25) is 0 Å². The van der Waals surface area contributed by atoms with Gasteiger partial charge in [-0.1, -0.05) is 0 Å². The molecule has 2 unspecified atom stereocenters. The molecule has 86 valence electrons. The summed E-state index contributed by atoms with van der Waals surface area (Å²) in [5.41, 5.74) is 0.754. The van der Waals surface area contributed by atoms with Crippen LogP contribution in [0.15, 0.2) is 18.2 Å². The average molecular weight is 223 g/mol. The number of ether oxygens (including phenoxy) is 2. The molecule has 5 nitrogen and oxygen atoms in total. The Labute approximate surface area is 93.0 Å². The minimum atomic E-state index is -0.971. The molecule has 0 saturated heterocycles. The smallest absolute Gasteiger partial charge is 0.347 e. The zero-order valence-corrected chi connectivity index (χ0v) is 9.06. The number of benzene rings is 1. The van der Waals surface area contributed by atoms with E-state index in [-0.39, 0.29) is 6.04 Å². The van der Waals surface area contributed by atoms with Gasteiger partial charge in [-0.25, -0.2) is 4.79 Å². The Bertz CT molecular complexity index is 418. The van der Waals surface area contributed by atoms with Crippen LogP contribution in [0.25, 0.3) is 0 Å². The van der Waals surface area contributed by atoms with Gasteiger partial charge in [0, 0.05) is 6.07 Å². The molecule has 2 rings (SSSR count). The molecule has 2 N–H and O–H groups in total. The molecule has 1 aromatic carbocycles. The number of fused-ring (bicyclic) bond motifs is 1. The lowest BCUT2D eigenvalue weighted by Crippen LogP contribution is -2.44. The fourth-order valence-electron chi connectivity index (χ4n) is 1.68. The number of nitrogens with one attached hydrogen (secondary N) is 1. The van der Waals surface area contributed by atoms with Crippen molar-refractivity contribution in [3.63, 3.8) is 0 Å². The number of anilines is 1. The second-order valence-corrected chi connectivity index (χ2v) is 3.67. The van der Waals surface area contributed by atoms with Gasteiger partial charge in [-0.3, -0.25) is 0 Å². The average Bonchev–Trinajstić information content (AvgIpc) is 2.27. The van der Waals surface area contributed by atoms with Crippen LogP contribution in [-0.4, -0.2) is 30.3 Å². The van der Waals surface area contributed by atoms with E-state index in [1.807, 2.05) is 0 Å². The number of carboxylic acids is 1. The van der Waals surface area contributed by atoms with Gasteiger partial charge in [0.05, 0.1) is 18.8 Å². The van der Waals surface area contributed by atoms with Crippen LogP contribution >= 0.6 is 0 Å². The molecular formula is C11H13NO4. The molecule has 5 heteroatoms. The Kier molecular flexibility index (Phi) is 2.60. The van der Waals surface area contributed by atoms with Crippen LogP contribution in [0, 0.1) is 0 Å². The fraction of sp³-hybridized carbons (Fsp3) is 0.364. The summed E-state index contributed by atoms with van der Waals surface area (Å²) < 4.78 is 10.5. The van der Waals surface area contributed by atoms with E-state index in [2.05, 4.69) is 5.32 Å². The van der Waals surface area contributed by atoms with Crippen molar-refractivity contribution in [2.45, 2.75) is 19.1 Å². The highest BCUT2D eigenvalue weighted by Crippen LogP contribution is 2.34. The predicted molar refractivity (Wildman–Crippen MR) is 58.1 cm³/mol. The molecule has 0 aliphatic carbocycles. The fourth-order valence-corrected chi connectivity index (χ4v) is 1.68. The molecule has 0 radical (unpaired) electrons. The van der Waals surface area contributed by atoms with Crippen LogP contribution in [0.4, 0.5) is 5.69 Å². The highest BCUT2D eigenvalue weighted by molar-refractivity contribution is 5.77. The molecule has 0 aromatic heterocycles. The number of rotatable bonds is 2. The largest absolute Gasteiger partial charge is 0.497 e. The maximum atomic E-state index is 10.9. The highest BCUT2D eigenvalue weighted by Gasteiger charge is 2.32. The number of hydrogen-bond acceptors (Lipinski definition) is 4. The lowest BCUT2D eigenvalue weighted by molar-refractivity contribution is -0.145. The summed E-state index contributed by atoms with van der Waals surface area (Å²) >= 11 is 0. The quantitative estimate of drug-likeness (QED) is 0.792. The van der Waals surface area contributed by atoms with Crippen molar-refractivity contribution < 1.29 is 19.4 Å². The Morgan fingerprint density at radius 1 is 1.56 bits per heavy atom. The summed E-state index contributed by atoms with van der Waals surface area (Å²) in [6.45, 7) is 1.77. The lowest BCUT2D eigenvalue weighted by Gasteiger charge is -2.30. The van der Waals surface area contributed by atoms with Gasteiger partial charge >= 0.3 is 5.97 Å². The first kappa shape index (κ1) is 10.6. The topological polar surface area (TPSA) is 67.8 Å². The minimum absolute atomic E-state index is 0.280. The summed E-state index contributed by atoms with van der Waals surface area (Å²) in [4.78, 5) is 10.9.